The molecule has 0 spiro atoms. The molecule has 4 rings (SSSR count). The molecular weight excluding hydrogens is 342 g/mol. The van der Waals surface area contributed by atoms with Gasteiger partial charge in [0.2, 0.25) is 0 Å². The molecule has 3 aromatic rings. The standard InChI is InChI=1S/C17H13N3O2S2/c1-10-18-12(9-23-10)8-20-6-5-13-11(3-2-4-14(13)20)7-15-16(21)19-17(22)24-15/h2-7,9H,8H2,1H3,(H,19,21,22). The lowest BCUT2D eigenvalue weighted by Crippen LogP contribution is -2.17. The first-order chi connectivity index (χ1) is 11.6. The Morgan fingerprint density at radius 2 is 2.17 bits per heavy atom. The van der Waals surface area contributed by atoms with Gasteiger partial charge in [0, 0.05) is 22.5 Å². The van der Waals surface area contributed by atoms with Crippen LogP contribution >= 0.6 is 23.1 Å². The van der Waals surface area contributed by atoms with Crippen molar-refractivity contribution in [1.82, 2.24) is 14.9 Å². The van der Waals surface area contributed by atoms with Crippen LogP contribution < -0.4 is 5.32 Å². The van der Waals surface area contributed by atoms with Gasteiger partial charge in [-0.15, -0.1) is 11.3 Å². The largest absolute Gasteiger partial charge is 0.341 e. The van der Waals surface area contributed by atoms with E-state index in [0.29, 0.717) is 11.4 Å². The van der Waals surface area contributed by atoms with E-state index in [1.165, 1.54) is 0 Å². The van der Waals surface area contributed by atoms with Crippen molar-refractivity contribution in [2.45, 2.75) is 13.5 Å². The van der Waals surface area contributed by atoms with Crippen molar-refractivity contribution < 1.29 is 9.59 Å². The molecule has 3 heterocycles. The number of imide groups is 1. The van der Waals surface area contributed by atoms with Gasteiger partial charge in [-0.25, -0.2) is 4.98 Å². The van der Waals surface area contributed by atoms with Gasteiger partial charge >= 0.3 is 0 Å². The van der Waals surface area contributed by atoms with Crippen molar-refractivity contribution in [2.75, 3.05) is 0 Å². The summed E-state index contributed by atoms with van der Waals surface area (Å²) >= 11 is 2.58. The lowest BCUT2D eigenvalue weighted by atomic mass is 10.1. The van der Waals surface area contributed by atoms with Gasteiger partial charge in [0.15, 0.2) is 0 Å². The smallest absolute Gasteiger partial charge is 0.290 e. The normalized spacial score (nSPS) is 16.3. The number of hydrogen-bond donors (Lipinski definition) is 1. The van der Waals surface area contributed by atoms with Crippen molar-refractivity contribution in [3.8, 4) is 0 Å². The summed E-state index contributed by atoms with van der Waals surface area (Å²) in [6.07, 6.45) is 3.79. The van der Waals surface area contributed by atoms with Crippen LogP contribution in [0.15, 0.2) is 40.7 Å². The summed E-state index contributed by atoms with van der Waals surface area (Å²) in [7, 11) is 0. The fraction of sp³-hybridized carbons (Fsp3) is 0.118. The first kappa shape index (κ1) is 15.2. The summed E-state index contributed by atoms with van der Waals surface area (Å²) in [6, 6.07) is 7.98. The summed E-state index contributed by atoms with van der Waals surface area (Å²) in [5.74, 6) is -0.334. The number of rotatable bonds is 3. The highest BCUT2D eigenvalue weighted by Gasteiger charge is 2.25. The van der Waals surface area contributed by atoms with Crippen LogP contribution in [-0.4, -0.2) is 20.7 Å². The van der Waals surface area contributed by atoms with Crippen LogP contribution in [0.4, 0.5) is 4.79 Å². The summed E-state index contributed by atoms with van der Waals surface area (Å²) < 4.78 is 2.14. The van der Waals surface area contributed by atoms with E-state index < -0.39 is 0 Å². The topological polar surface area (TPSA) is 64.0 Å². The monoisotopic (exact) mass is 355 g/mol. The number of nitrogens with one attached hydrogen (secondary N) is 1. The van der Waals surface area contributed by atoms with Crippen molar-refractivity contribution in [3.63, 3.8) is 0 Å². The van der Waals surface area contributed by atoms with Crippen molar-refractivity contribution in [3.05, 3.63) is 57.0 Å². The molecule has 0 unspecified atom stereocenters. The number of aryl methyl sites for hydroxylation is 1. The van der Waals surface area contributed by atoms with E-state index in [-0.39, 0.29) is 11.1 Å². The van der Waals surface area contributed by atoms with Crippen LogP contribution in [-0.2, 0) is 11.3 Å². The summed E-state index contributed by atoms with van der Waals surface area (Å²) in [6.45, 7) is 2.71. The third-order valence-corrected chi connectivity index (χ3v) is 5.41. The van der Waals surface area contributed by atoms with Crippen LogP contribution in [0.25, 0.3) is 17.0 Å². The van der Waals surface area contributed by atoms with E-state index in [2.05, 4.69) is 20.2 Å². The minimum atomic E-state index is -0.334. The molecule has 24 heavy (non-hydrogen) atoms. The van der Waals surface area contributed by atoms with Gasteiger partial charge in [0.1, 0.15) is 0 Å². The van der Waals surface area contributed by atoms with Gasteiger partial charge in [-0.05, 0) is 42.5 Å². The highest BCUT2D eigenvalue weighted by molar-refractivity contribution is 8.18. The number of hydrogen-bond acceptors (Lipinski definition) is 5. The Morgan fingerprint density at radius 1 is 1.29 bits per heavy atom. The average molecular weight is 355 g/mol. The Balaban J connectivity index is 1.73. The first-order valence-corrected chi connectivity index (χ1v) is 9.03. The van der Waals surface area contributed by atoms with Crippen LogP contribution in [0.3, 0.4) is 0 Å². The SMILES string of the molecule is Cc1nc(Cn2ccc3c(C=C4SC(=O)NC4=O)cccc32)cs1. The first-order valence-electron chi connectivity index (χ1n) is 7.34. The molecule has 0 bridgehead atoms. The zero-order valence-electron chi connectivity index (χ0n) is 12.8. The minimum Gasteiger partial charge on any atom is -0.341 e. The molecule has 0 aliphatic carbocycles. The van der Waals surface area contributed by atoms with Gasteiger partial charge < -0.3 is 4.57 Å². The molecule has 1 fully saturated rings. The summed E-state index contributed by atoms with van der Waals surface area (Å²) in [5.41, 5.74) is 3.04. The molecule has 0 saturated carbocycles. The number of aromatic nitrogens is 2. The van der Waals surface area contributed by atoms with Gasteiger partial charge in [-0.3, -0.25) is 14.9 Å². The molecule has 1 aliphatic heterocycles. The molecular formula is C17H13N3O2S2. The molecule has 1 aromatic carbocycles. The third kappa shape index (κ3) is 2.76. The Morgan fingerprint density at radius 3 is 2.88 bits per heavy atom. The van der Waals surface area contributed by atoms with Gasteiger partial charge in [0.05, 0.1) is 22.2 Å². The van der Waals surface area contributed by atoms with Crippen molar-refractivity contribution in [2.24, 2.45) is 0 Å². The number of carbonyl (C=O) groups is 2. The molecule has 2 amide bonds. The number of carbonyl (C=O) groups excluding carboxylic acids is 2. The van der Waals surface area contributed by atoms with Gasteiger partial charge in [-0.2, -0.15) is 0 Å². The molecule has 1 saturated heterocycles. The zero-order chi connectivity index (χ0) is 16.7. The number of fused-ring (bicyclic) bond motifs is 1. The summed E-state index contributed by atoms with van der Waals surface area (Å²) in [5, 5.41) is 6.13. The van der Waals surface area contributed by atoms with E-state index in [0.717, 1.165) is 38.9 Å². The maximum absolute atomic E-state index is 11.7. The molecule has 0 atom stereocenters. The number of amides is 2. The van der Waals surface area contributed by atoms with Crippen LogP contribution in [0.2, 0.25) is 0 Å². The fourth-order valence-electron chi connectivity index (χ4n) is 2.73. The van der Waals surface area contributed by atoms with Crippen molar-refractivity contribution >= 4 is 51.2 Å². The average Bonchev–Trinajstić information content (AvgIpc) is 3.22. The predicted molar refractivity (Wildman–Crippen MR) is 97.0 cm³/mol. The number of thioether (sulfide) groups is 1. The lowest BCUT2D eigenvalue weighted by Gasteiger charge is -2.04. The Labute approximate surface area is 146 Å². The second-order valence-electron chi connectivity index (χ2n) is 5.43. The quantitative estimate of drug-likeness (QED) is 0.726. The maximum Gasteiger partial charge on any atom is 0.290 e. The number of nitrogens with zero attached hydrogens (tertiary/aromatic N) is 2. The minimum absolute atomic E-state index is 0.324. The molecule has 120 valence electrons. The predicted octanol–water partition coefficient (Wildman–Crippen LogP) is 3.78. The fourth-order valence-corrected chi connectivity index (χ4v) is 4.01. The maximum atomic E-state index is 11.7. The molecule has 7 heteroatoms. The Bertz CT molecular complexity index is 1000. The molecule has 2 aromatic heterocycles. The highest BCUT2D eigenvalue weighted by atomic mass is 32.2. The van der Waals surface area contributed by atoms with E-state index in [9.17, 15) is 9.59 Å². The molecule has 1 aliphatic rings. The number of benzene rings is 1. The number of thiazole rings is 1. The zero-order valence-corrected chi connectivity index (χ0v) is 14.4. The third-order valence-electron chi connectivity index (χ3n) is 3.77. The van der Waals surface area contributed by atoms with Crippen LogP contribution in [0, 0.1) is 6.92 Å². The highest BCUT2D eigenvalue weighted by Crippen LogP contribution is 2.29. The van der Waals surface area contributed by atoms with Gasteiger partial charge in [-0.1, -0.05) is 12.1 Å². The summed E-state index contributed by atoms with van der Waals surface area (Å²) in [4.78, 5) is 28.0. The van der Waals surface area contributed by atoms with Crippen molar-refractivity contribution in [1.29, 1.82) is 0 Å². The second kappa shape index (κ2) is 5.92. The molecule has 0 radical (unpaired) electrons. The van der Waals surface area contributed by atoms with E-state index in [1.807, 2.05) is 37.4 Å². The Hall–Kier alpha value is -2.38. The van der Waals surface area contributed by atoms with Crippen LogP contribution in [0.5, 0.6) is 0 Å². The van der Waals surface area contributed by atoms with E-state index >= 15 is 0 Å². The van der Waals surface area contributed by atoms with E-state index in [4.69, 9.17) is 0 Å². The second-order valence-corrected chi connectivity index (χ2v) is 7.51. The Kier molecular flexibility index (Phi) is 3.74. The van der Waals surface area contributed by atoms with Gasteiger partial charge in [0.25, 0.3) is 11.1 Å². The molecule has 5 nitrogen and oxygen atoms in total. The van der Waals surface area contributed by atoms with Crippen LogP contribution in [0.1, 0.15) is 16.3 Å². The molecule has 1 N–H and O–H groups in total. The van der Waals surface area contributed by atoms with E-state index in [1.54, 1.807) is 17.4 Å². The lowest BCUT2D eigenvalue weighted by molar-refractivity contribution is -0.115.